The lowest BCUT2D eigenvalue weighted by atomic mass is 9.96. The first-order valence-corrected chi connectivity index (χ1v) is 9.41. The zero-order valence-corrected chi connectivity index (χ0v) is 15.1. The molecule has 2 unspecified atom stereocenters. The SMILES string of the molecule is CCCCCCCCCC(Cl)(Cl)N1C(C)CCCC1C. The van der Waals surface area contributed by atoms with Gasteiger partial charge in [0.25, 0.3) is 0 Å². The van der Waals surface area contributed by atoms with Crippen LogP contribution in [-0.4, -0.2) is 21.4 Å². The molecule has 0 N–H and O–H groups in total. The van der Waals surface area contributed by atoms with E-state index in [9.17, 15) is 0 Å². The van der Waals surface area contributed by atoms with Gasteiger partial charge in [-0.3, -0.25) is 4.90 Å². The summed E-state index contributed by atoms with van der Waals surface area (Å²) in [4.78, 5) is 2.34. The molecule has 0 aromatic carbocycles. The smallest absolute Gasteiger partial charge is 0.171 e. The van der Waals surface area contributed by atoms with E-state index in [0.717, 1.165) is 12.8 Å². The van der Waals surface area contributed by atoms with Crippen LogP contribution in [-0.2, 0) is 0 Å². The number of likely N-dealkylation sites (tertiary alicyclic amines) is 1. The Balaban J connectivity index is 2.26. The normalized spacial score (nSPS) is 25.1. The highest BCUT2D eigenvalue weighted by Crippen LogP contribution is 2.39. The molecule has 0 radical (unpaired) electrons. The summed E-state index contributed by atoms with van der Waals surface area (Å²) >= 11 is 13.3. The number of unbranched alkanes of at least 4 members (excludes halogenated alkanes) is 6. The van der Waals surface area contributed by atoms with Gasteiger partial charge >= 0.3 is 0 Å². The van der Waals surface area contributed by atoms with Crippen molar-refractivity contribution in [3.8, 4) is 0 Å². The van der Waals surface area contributed by atoms with E-state index in [0.29, 0.717) is 12.1 Å². The number of piperidine rings is 1. The van der Waals surface area contributed by atoms with Gasteiger partial charge in [0.2, 0.25) is 0 Å². The average molecular weight is 322 g/mol. The molecule has 1 rings (SSSR count). The molecule has 1 fully saturated rings. The molecular weight excluding hydrogens is 289 g/mol. The van der Waals surface area contributed by atoms with Crippen LogP contribution in [0.5, 0.6) is 0 Å². The van der Waals surface area contributed by atoms with Crippen molar-refractivity contribution in [2.45, 2.75) is 108 Å². The first kappa shape index (κ1) is 18.6. The second-order valence-electron chi connectivity index (χ2n) is 6.57. The maximum Gasteiger partial charge on any atom is 0.171 e. The predicted octanol–water partition coefficient (Wildman–Crippen LogP) is 6.52. The summed E-state index contributed by atoms with van der Waals surface area (Å²) in [6.07, 6.45) is 13.8. The van der Waals surface area contributed by atoms with Crippen molar-refractivity contribution in [2.75, 3.05) is 0 Å². The lowest BCUT2D eigenvalue weighted by Crippen LogP contribution is -2.52. The van der Waals surface area contributed by atoms with Gasteiger partial charge in [0, 0.05) is 12.1 Å². The minimum absolute atomic E-state index is 0.512. The highest BCUT2D eigenvalue weighted by molar-refractivity contribution is 6.48. The molecule has 0 saturated carbocycles. The molecule has 120 valence electrons. The number of nitrogens with zero attached hydrogens (tertiary/aromatic N) is 1. The molecule has 0 amide bonds. The van der Waals surface area contributed by atoms with Crippen LogP contribution in [0, 0.1) is 0 Å². The van der Waals surface area contributed by atoms with Crippen molar-refractivity contribution < 1.29 is 0 Å². The molecule has 1 nitrogen and oxygen atoms in total. The summed E-state index contributed by atoms with van der Waals surface area (Å²) in [6.45, 7) is 6.79. The Morgan fingerprint density at radius 2 is 1.40 bits per heavy atom. The lowest BCUT2D eigenvalue weighted by molar-refractivity contribution is 0.0652. The summed E-state index contributed by atoms with van der Waals surface area (Å²) < 4.78 is -0.664. The number of alkyl halides is 2. The number of rotatable bonds is 9. The van der Waals surface area contributed by atoms with Crippen LogP contribution >= 0.6 is 23.2 Å². The third-order valence-electron chi connectivity index (χ3n) is 4.65. The molecule has 1 heterocycles. The van der Waals surface area contributed by atoms with Crippen LogP contribution in [0.1, 0.15) is 91.4 Å². The van der Waals surface area contributed by atoms with E-state index in [4.69, 9.17) is 23.2 Å². The quantitative estimate of drug-likeness (QED) is 0.265. The Morgan fingerprint density at radius 3 is 1.95 bits per heavy atom. The van der Waals surface area contributed by atoms with E-state index < -0.39 is 4.46 Å². The Morgan fingerprint density at radius 1 is 0.900 bits per heavy atom. The third-order valence-corrected chi connectivity index (χ3v) is 5.42. The first-order chi connectivity index (χ1) is 9.49. The van der Waals surface area contributed by atoms with Crippen molar-refractivity contribution >= 4 is 23.2 Å². The zero-order valence-electron chi connectivity index (χ0n) is 13.6. The molecule has 1 aliphatic rings. The Hall–Kier alpha value is 0.540. The predicted molar refractivity (Wildman–Crippen MR) is 91.7 cm³/mol. The maximum atomic E-state index is 6.66. The molecule has 1 saturated heterocycles. The van der Waals surface area contributed by atoms with Gasteiger partial charge in [-0.1, -0.05) is 75.1 Å². The number of halogens is 2. The molecule has 20 heavy (non-hydrogen) atoms. The van der Waals surface area contributed by atoms with Gasteiger partial charge in [-0.15, -0.1) is 0 Å². The summed E-state index contributed by atoms with van der Waals surface area (Å²) in [5.41, 5.74) is 0. The maximum absolute atomic E-state index is 6.66. The van der Waals surface area contributed by atoms with E-state index in [1.54, 1.807) is 0 Å². The van der Waals surface area contributed by atoms with Crippen LogP contribution in [0.2, 0.25) is 0 Å². The van der Waals surface area contributed by atoms with E-state index >= 15 is 0 Å². The topological polar surface area (TPSA) is 3.24 Å². The molecule has 0 aliphatic carbocycles. The Labute approximate surface area is 136 Å². The lowest BCUT2D eigenvalue weighted by Gasteiger charge is -2.46. The average Bonchev–Trinajstić information content (AvgIpc) is 2.37. The van der Waals surface area contributed by atoms with Gasteiger partial charge in [0.15, 0.2) is 4.46 Å². The fraction of sp³-hybridized carbons (Fsp3) is 1.00. The summed E-state index contributed by atoms with van der Waals surface area (Å²) in [5, 5.41) is 0. The second kappa shape index (κ2) is 9.54. The summed E-state index contributed by atoms with van der Waals surface area (Å²) in [6, 6.07) is 1.02. The highest BCUT2D eigenvalue weighted by atomic mass is 35.5. The van der Waals surface area contributed by atoms with Crippen molar-refractivity contribution in [1.29, 1.82) is 0 Å². The fourth-order valence-corrected chi connectivity index (χ4v) is 4.42. The van der Waals surface area contributed by atoms with E-state index in [1.165, 1.54) is 57.8 Å². The van der Waals surface area contributed by atoms with E-state index in [2.05, 4.69) is 25.7 Å². The van der Waals surface area contributed by atoms with Crippen LogP contribution in [0.15, 0.2) is 0 Å². The summed E-state index contributed by atoms with van der Waals surface area (Å²) in [5.74, 6) is 0. The van der Waals surface area contributed by atoms with E-state index in [-0.39, 0.29) is 0 Å². The van der Waals surface area contributed by atoms with Crippen LogP contribution in [0.4, 0.5) is 0 Å². The molecule has 1 aliphatic heterocycles. The summed E-state index contributed by atoms with van der Waals surface area (Å²) in [7, 11) is 0. The highest BCUT2D eigenvalue weighted by Gasteiger charge is 2.39. The minimum atomic E-state index is -0.664. The molecule has 3 heteroatoms. The molecule has 0 aromatic rings. The van der Waals surface area contributed by atoms with Crippen molar-refractivity contribution in [3.63, 3.8) is 0 Å². The van der Waals surface area contributed by atoms with Crippen LogP contribution < -0.4 is 0 Å². The zero-order chi connectivity index (χ0) is 15.0. The Bertz CT molecular complexity index is 245. The second-order valence-corrected chi connectivity index (χ2v) is 8.02. The Kier molecular flexibility index (Phi) is 8.86. The van der Waals surface area contributed by atoms with Crippen LogP contribution in [0.3, 0.4) is 0 Å². The fourth-order valence-electron chi connectivity index (χ4n) is 3.49. The van der Waals surface area contributed by atoms with Crippen molar-refractivity contribution in [1.82, 2.24) is 4.90 Å². The monoisotopic (exact) mass is 321 g/mol. The third kappa shape index (κ3) is 6.12. The van der Waals surface area contributed by atoms with Crippen molar-refractivity contribution in [3.05, 3.63) is 0 Å². The van der Waals surface area contributed by atoms with Crippen LogP contribution in [0.25, 0.3) is 0 Å². The number of hydrogen-bond donors (Lipinski definition) is 0. The molecule has 2 atom stereocenters. The first-order valence-electron chi connectivity index (χ1n) is 8.65. The minimum Gasteiger partial charge on any atom is -0.267 e. The molecule has 0 aromatic heterocycles. The molecule has 0 bridgehead atoms. The molecule has 0 spiro atoms. The molecular formula is C17H33Cl2N. The van der Waals surface area contributed by atoms with Gasteiger partial charge < -0.3 is 0 Å². The van der Waals surface area contributed by atoms with Gasteiger partial charge in [-0.05, 0) is 39.5 Å². The van der Waals surface area contributed by atoms with Gasteiger partial charge in [-0.25, -0.2) is 0 Å². The van der Waals surface area contributed by atoms with Gasteiger partial charge in [0.05, 0.1) is 0 Å². The standard InChI is InChI=1S/C17H33Cl2N/c1-4-5-6-7-8-9-10-14-17(18,19)20-15(2)12-11-13-16(20)3/h15-16H,4-14H2,1-3H3. The van der Waals surface area contributed by atoms with E-state index in [1.807, 2.05) is 0 Å². The number of hydrogen-bond acceptors (Lipinski definition) is 1. The van der Waals surface area contributed by atoms with Gasteiger partial charge in [0.1, 0.15) is 0 Å². The van der Waals surface area contributed by atoms with Gasteiger partial charge in [-0.2, -0.15) is 0 Å². The van der Waals surface area contributed by atoms with Crippen molar-refractivity contribution in [2.24, 2.45) is 0 Å². The largest absolute Gasteiger partial charge is 0.267 e.